The minimum atomic E-state index is -9.59. The molecule has 0 saturated carbocycles. The Morgan fingerprint density at radius 3 is 0.907 bits per heavy atom. The lowest BCUT2D eigenvalue weighted by molar-refractivity contribution is -0.526. The van der Waals surface area contributed by atoms with E-state index in [1.807, 2.05) is 0 Å². The van der Waals surface area contributed by atoms with Crippen LogP contribution in [0.2, 0.25) is 0 Å². The molecule has 256 valence electrons. The number of alkyl halides is 25. The molecule has 0 bridgehead atoms. The van der Waals surface area contributed by atoms with Crippen LogP contribution in [-0.4, -0.2) is 77.9 Å². The van der Waals surface area contributed by atoms with Crippen molar-refractivity contribution >= 4 is 5.97 Å². The number of carbonyl (C=O) groups is 1. The van der Waals surface area contributed by atoms with Crippen LogP contribution < -0.4 is 0 Å². The van der Waals surface area contributed by atoms with Gasteiger partial charge in [-0.05, 0) is 0 Å². The molecule has 0 aromatic rings. The quantitative estimate of drug-likeness (QED) is 0.110. The standard InChI is InChI=1S/C15H3F25O3/c1-2-3(41)42-14(37,38)15(39,40)43-13(35,36)11(30,31)9(26,27)7(22,23)5(18,19)4(16,17)6(20,21)8(24,25)10(28,29)12(32,33)34/h2H,1H2. The predicted molar refractivity (Wildman–Crippen MR) is 77.8 cm³/mol. The number of hydrogen-bond acceptors (Lipinski definition) is 3. The molecule has 0 aromatic carbocycles. The average Bonchev–Trinajstić information content (AvgIpc) is 2.75. The summed E-state index contributed by atoms with van der Waals surface area (Å²) in [5.74, 6) is -77.1. The first-order valence-corrected chi connectivity index (χ1v) is 8.94. The van der Waals surface area contributed by atoms with E-state index in [1.165, 1.54) is 4.74 Å². The number of ether oxygens (including phenoxy) is 2. The van der Waals surface area contributed by atoms with Gasteiger partial charge in [-0.25, -0.2) is 9.53 Å². The average molecular weight is 706 g/mol. The van der Waals surface area contributed by atoms with E-state index in [0.717, 1.165) is 0 Å². The van der Waals surface area contributed by atoms with Gasteiger partial charge in [-0.3, -0.25) is 0 Å². The van der Waals surface area contributed by atoms with Crippen LogP contribution in [0, 0.1) is 0 Å². The van der Waals surface area contributed by atoms with Crippen molar-refractivity contribution in [2.75, 3.05) is 0 Å². The lowest BCUT2D eigenvalue weighted by Crippen LogP contribution is -2.77. The van der Waals surface area contributed by atoms with Crippen LogP contribution in [0.15, 0.2) is 12.7 Å². The van der Waals surface area contributed by atoms with Crippen molar-refractivity contribution in [3.63, 3.8) is 0 Å². The number of rotatable bonds is 13. The van der Waals surface area contributed by atoms with Crippen molar-refractivity contribution in [2.45, 2.75) is 71.9 Å². The third-order valence-corrected chi connectivity index (χ3v) is 4.47. The number of hydrogen-bond donors (Lipinski definition) is 0. The second-order valence-electron chi connectivity index (χ2n) is 7.37. The van der Waals surface area contributed by atoms with Gasteiger partial charge in [-0.15, -0.1) is 0 Å². The molecule has 0 unspecified atom stereocenters. The summed E-state index contributed by atoms with van der Waals surface area (Å²) in [6, 6.07) is 0. The maximum Gasteiger partial charge on any atom is 0.496 e. The van der Waals surface area contributed by atoms with E-state index >= 15 is 0 Å². The predicted octanol–water partition coefficient (Wildman–Crippen LogP) is 8.16. The number of halogens is 25. The molecule has 0 spiro atoms. The van der Waals surface area contributed by atoms with Gasteiger partial charge in [0.25, 0.3) is 0 Å². The van der Waals surface area contributed by atoms with E-state index in [4.69, 9.17) is 0 Å². The van der Waals surface area contributed by atoms with Crippen molar-refractivity contribution in [3.8, 4) is 0 Å². The van der Waals surface area contributed by atoms with Gasteiger partial charge in [0.15, 0.2) is 0 Å². The maximum atomic E-state index is 13.6. The lowest BCUT2D eigenvalue weighted by atomic mass is 9.87. The van der Waals surface area contributed by atoms with Gasteiger partial charge < -0.3 is 4.74 Å². The second-order valence-corrected chi connectivity index (χ2v) is 7.37. The highest BCUT2D eigenvalue weighted by atomic mass is 19.4. The Balaban J connectivity index is 7.09. The minimum Gasteiger partial charge on any atom is -0.391 e. The summed E-state index contributed by atoms with van der Waals surface area (Å²) in [5, 5.41) is 0. The summed E-state index contributed by atoms with van der Waals surface area (Å²) >= 11 is 0. The van der Waals surface area contributed by atoms with Crippen LogP contribution in [0.5, 0.6) is 0 Å². The Labute approximate surface area is 216 Å². The van der Waals surface area contributed by atoms with Gasteiger partial charge in [0.1, 0.15) is 0 Å². The van der Waals surface area contributed by atoms with Gasteiger partial charge >= 0.3 is 77.9 Å². The summed E-state index contributed by atoms with van der Waals surface area (Å²) < 4.78 is 332. The molecule has 0 radical (unpaired) electrons. The van der Waals surface area contributed by atoms with E-state index in [-0.39, 0.29) is 0 Å². The van der Waals surface area contributed by atoms with Crippen molar-refractivity contribution in [3.05, 3.63) is 12.7 Å². The zero-order valence-electron chi connectivity index (χ0n) is 18.5. The monoisotopic (exact) mass is 706 g/mol. The fourth-order valence-electron chi connectivity index (χ4n) is 2.06. The molecule has 3 nitrogen and oxygen atoms in total. The largest absolute Gasteiger partial charge is 0.496 e. The molecule has 0 amide bonds. The highest BCUT2D eigenvalue weighted by Gasteiger charge is 2.98. The first kappa shape index (κ1) is 40.4. The number of carbonyl (C=O) groups excluding carboxylic acids is 1. The zero-order valence-corrected chi connectivity index (χ0v) is 18.5. The minimum absolute atomic E-state index is 0.530. The van der Waals surface area contributed by atoms with Crippen molar-refractivity contribution in [1.29, 1.82) is 0 Å². The SMILES string of the molecule is C=CC(=O)OC(F)(F)C(F)(F)OC(F)(F)C(F)(F)C(F)(F)C(F)(F)C(F)(F)C(F)(F)C(F)(F)C(F)(F)C(F)(F)C(F)(F)F. The van der Waals surface area contributed by atoms with Gasteiger partial charge in [-0.1, -0.05) is 6.58 Å². The summed E-state index contributed by atoms with van der Waals surface area (Å²) in [4.78, 5) is 10.5. The van der Waals surface area contributed by atoms with E-state index in [1.54, 1.807) is 0 Å². The van der Waals surface area contributed by atoms with Crippen LogP contribution >= 0.6 is 0 Å². The molecular formula is C15H3F25O3. The molecule has 0 N–H and O–H groups in total. The van der Waals surface area contributed by atoms with Gasteiger partial charge in [0.2, 0.25) is 0 Å². The first-order valence-electron chi connectivity index (χ1n) is 8.94. The van der Waals surface area contributed by atoms with Gasteiger partial charge in [0, 0.05) is 6.08 Å². The molecular weight excluding hydrogens is 703 g/mol. The van der Waals surface area contributed by atoms with Crippen molar-refractivity contribution < 1.29 is 124 Å². The van der Waals surface area contributed by atoms with Crippen LogP contribution in [0.25, 0.3) is 0 Å². The maximum absolute atomic E-state index is 13.6. The summed E-state index contributed by atoms with van der Waals surface area (Å²) in [6.07, 6.45) is -32.0. The fourth-order valence-corrected chi connectivity index (χ4v) is 2.06. The molecule has 0 saturated heterocycles. The summed E-state index contributed by atoms with van der Waals surface area (Å²) in [5.41, 5.74) is 0. The molecule has 43 heavy (non-hydrogen) atoms. The van der Waals surface area contributed by atoms with Gasteiger partial charge in [-0.2, -0.15) is 110 Å². The van der Waals surface area contributed by atoms with Crippen LogP contribution in [-0.2, 0) is 14.3 Å². The highest BCUT2D eigenvalue weighted by Crippen LogP contribution is 2.66. The summed E-state index contributed by atoms with van der Waals surface area (Å²) in [7, 11) is 0. The molecule has 0 heterocycles. The third-order valence-electron chi connectivity index (χ3n) is 4.47. The smallest absolute Gasteiger partial charge is 0.391 e. The van der Waals surface area contributed by atoms with Crippen LogP contribution in [0.1, 0.15) is 0 Å². The highest BCUT2D eigenvalue weighted by molar-refractivity contribution is 5.81. The van der Waals surface area contributed by atoms with E-state index in [2.05, 4.69) is 11.3 Å². The fraction of sp³-hybridized carbons (Fsp3) is 0.800. The molecule has 0 aliphatic rings. The van der Waals surface area contributed by atoms with E-state index < -0.39 is 83.9 Å². The van der Waals surface area contributed by atoms with E-state index in [0.29, 0.717) is 0 Å². The Morgan fingerprint density at radius 2 is 0.651 bits per heavy atom. The Kier molecular flexibility index (Phi) is 9.62. The van der Waals surface area contributed by atoms with Crippen molar-refractivity contribution in [2.24, 2.45) is 0 Å². The second kappa shape index (κ2) is 10.2. The van der Waals surface area contributed by atoms with Crippen molar-refractivity contribution in [1.82, 2.24) is 0 Å². The molecule has 0 fully saturated rings. The molecule has 0 aliphatic heterocycles. The summed E-state index contributed by atoms with van der Waals surface area (Å²) in [6.45, 7) is 2.23. The molecule has 0 rings (SSSR count). The van der Waals surface area contributed by atoms with E-state index in [9.17, 15) is 115 Å². The molecule has 0 aliphatic carbocycles. The molecule has 0 atom stereocenters. The molecule has 28 heteroatoms. The topological polar surface area (TPSA) is 35.5 Å². The Hall–Kier alpha value is -2.58. The first-order chi connectivity index (χ1) is 18.2. The van der Waals surface area contributed by atoms with Crippen LogP contribution in [0.3, 0.4) is 0 Å². The normalized spacial score (nSPS) is 16.3. The zero-order chi connectivity index (χ0) is 35.7. The van der Waals surface area contributed by atoms with Crippen LogP contribution in [0.4, 0.5) is 110 Å². The Bertz CT molecular complexity index is 1050. The van der Waals surface area contributed by atoms with Gasteiger partial charge in [0.05, 0.1) is 0 Å². The lowest BCUT2D eigenvalue weighted by Gasteiger charge is -2.44. The third kappa shape index (κ3) is 5.47. The number of esters is 1. The Morgan fingerprint density at radius 1 is 0.395 bits per heavy atom. The molecule has 0 aromatic heterocycles.